The van der Waals surface area contributed by atoms with Crippen LogP contribution in [0.25, 0.3) is 22.3 Å². The second-order valence-electron chi connectivity index (χ2n) is 5.08. The first kappa shape index (κ1) is 17.3. The summed E-state index contributed by atoms with van der Waals surface area (Å²) in [6.07, 6.45) is 0. The molecular weight excluding hydrogens is 524 g/mol. The van der Waals surface area contributed by atoms with Gasteiger partial charge in [0.25, 0.3) is 0 Å². The van der Waals surface area contributed by atoms with Gasteiger partial charge in [0, 0.05) is 0 Å². The monoisotopic (exact) mass is 534 g/mol. The quantitative estimate of drug-likeness (QED) is 0.316. The summed E-state index contributed by atoms with van der Waals surface area (Å²) in [6, 6.07) is 8.08. The van der Waals surface area contributed by atoms with Crippen molar-refractivity contribution in [2.45, 2.75) is 0 Å². The molecule has 0 aliphatic carbocycles. The van der Waals surface area contributed by atoms with E-state index < -0.39 is 16.6 Å². The summed E-state index contributed by atoms with van der Waals surface area (Å²) in [4.78, 5) is 23.0. The van der Waals surface area contributed by atoms with Gasteiger partial charge in [0.2, 0.25) is 0 Å². The number of halogens is 1. The van der Waals surface area contributed by atoms with Gasteiger partial charge in [0.15, 0.2) is 0 Å². The number of rotatable bonds is 4. The van der Waals surface area contributed by atoms with Gasteiger partial charge in [0.1, 0.15) is 0 Å². The molecule has 124 valence electrons. The number of nitro groups is 1. The zero-order valence-electron chi connectivity index (χ0n) is 12.9. The molecule has 9 heteroatoms. The Hall–Kier alpha value is -2.50. The Morgan fingerprint density at radius 1 is 1.32 bits per heavy atom. The molecule has 0 saturated heterocycles. The molecule has 2 aromatic carbocycles. The average Bonchev–Trinajstić information content (AvgIpc) is 2.98. The van der Waals surface area contributed by atoms with Crippen molar-refractivity contribution in [3.05, 3.63) is 57.9 Å². The van der Waals surface area contributed by atoms with Crippen LogP contribution in [0.1, 0.15) is 10.4 Å². The summed E-state index contributed by atoms with van der Waals surface area (Å²) in [5.41, 5.74) is 0.629. The Labute approximate surface area is 157 Å². The number of nitrogens with zero attached hydrogens (tertiary/aromatic N) is 1. The molecule has 1 amide bonds. The first-order chi connectivity index (χ1) is 12.0. The number of carbonyl (C=O) groups is 1. The Morgan fingerprint density at radius 2 is 2.00 bits per heavy atom. The van der Waals surface area contributed by atoms with E-state index in [1.807, 2.05) is 0 Å². The predicted molar refractivity (Wildman–Crippen MR) is 88.0 cm³/mol. The molecule has 0 aliphatic rings. The van der Waals surface area contributed by atoms with Crippen LogP contribution in [0.2, 0.25) is 0 Å². The van der Waals surface area contributed by atoms with E-state index >= 15 is 0 Å². The number of benzene rings is 2. The van der Waals surface area contributed by atoms with Crippen molar-refractivity contribution in [3.8, 4) is 17.1 Å². The SMILES string of the molecule is CNC(=O)c1c(-c2ccc(F)cc2)oc2cc([N+](=O)[O-])c([O][Tl])cc12. The second-order valence-corrected chi connectivity index (χ2v) is 6.00. The molecule has 25 heavy (non-hydrogen) atoms. The van der Waals surface area contributed by atoms with Gasteiger partial charge in [-0.25, -0.2) is 0 Å². The molecule has 0 atom stereocenters. The molecule has 0 bridgehead atoms. The van der Waals surface area contributed by atoms with Crippen LogP contribution in [0.3, 0.4) is 0 Å². The van der Waals surface area contributed by atoms with E-state index in [1.165, 1.54) is 43.4 Å². The van der Waals surface area contributed by atoms with Gasteiger partial charge in [-0.15, -0.1) is 0 Å². The summed E-state index contributed by atoms with van der Waals surface area (Å²) in [5, 5.41) is 14.1. The number of hydrogen-bond acceptors (Lipinski definition) is 5. The molecule has 0 fully saturated rings. The van der Waals surface area contributed by atoms with Gasteiger partial charge in [-0.05, 0) is 0 Å². The van der Waals surface area contributed by atoms with Crippen LogP contribution in [0.4, 0.5) is 10.1 Å². The van der Waals surface area contributed by atoms with Crippen molar-refractivity contribution < 1.29 is 21.2 Å². The van der Waals surface area contributed by atoms with Crippen LogP contribution in [-0.2, 0) is 0 Å². The number of furan rings is 1. The van der Waals surface area contributed by atoms with E-state index in [9.17, 15) is 19.3 Å². The maximum atomic E-state index is 13.2. The number of fused-ring (bicyclic) bond motifs is 1. The van der Waals surface area contributed by atoms with Gasteiger partial charge in [-0.1, -0.05) is 0 Å². The van der Waals surface area contributed by atoms with Gasteiger partial charge >= 0.3 is 157 Å². The third kappa shape index (κ3) is 3.08. The van der Waals surface area contributed by atoms with Crippen LogP contribution in [-0.4, -0.2) is 44.1 Å². The van der Waals surface area contributed by atoms with E-state index in [2.05, 4.69) is 5.32 Å². The molecule has 0 radical (unpaired) electrons. The number of hydrogen-bond donors (Lipinski definition) is 1. The fourth-order valence-corrected chi connectivity index (χ4v) is 3.24. The molecule has 0 saturated carbocycles. The van der Waals surface area contributed by atoms with Crippen molar-refractivity contribution in [2.24, 2.45) is 0 Å². The van der Waals surface area contributed by atoms with E-state index in [-0.39, 0.29) is 54.6 Å². The molecule has 1 N–H and O–H groups in total. The normalized spacial score (nSPS) is 10.6. The molecule has 3 aromatic rings. The zero-order valence-corrected chi connectivity index (χ0v) is 17.4. The summed E-state index contributed by atoms with van der Waals surface area (Å²) in [7, 11) is 1.46. The Balaban J connectivity index is 2.34. The minimum absolute atomic E-state index is 0.0353. The number of amides is 1. The number of nitrogens with one attached hydrogen (secondary N) is 1. The molecule has 0 spiro atoms. The molecule has 7 nitrogen and oxygen atoms in total. The summed E-state index contributed by atoms with van der Waals surface area (Å²) in [6.45, 7) is 0. The average molecular weight is 534 g/mol. The van der Waals surface area contributed by atoms with E-state index in [1.54, 1.807) is 0 Å². The Kier molecular flexibility index (Phi) is 4.70. The van der Waals surface area contributed by atoms with Crippen LogP contribution >= 0.6 is 0 Å². The number of carbonyl (C=O) groups excluding carboxylic acids is 1. The zero-order chi connectivity index (χ0) is 18.1. The topological polar surface area (TPSA) is 94.6 Å². The van der Waals surface area contributed by atoms with Crippen LogP contribution in [0, 0.1) is 15.9 Å². The Morgan fingerprint density at radius 3 is 2.56 bits per heavy atom. The van der Waals surface area contributed by atoms with Crippen molar-refractivity contribution in [1.82, 2.24) is 5.32 Å². The fraction of sp³-hybridized carbons (Fsp3) is 0.0625. The first-order valence-corrected chi connectivity index (χ1v) is 8.89. The standard InChI is InChI=1S/C16H11FN2O5.Tl/c1-18-16(21)14-10-6-12(20)11(19(22)23)7-13(10)24-15(14)8-2-4-9(17)5-3-8;/h2-7,20H,1H3,(H,18,21);/q;+1/p-1. The van der Waals surface area contributed by atoms with Crippen molar-refractivity contribution in [2.75, 3.05) is 7.05 Å². The molecule has 0 unspecified atom stereocenters. The van der Waals surface area contributed by atoms with Gasteiger partial charge in [-0.2, -0.15) is 0 Å². The van der Waals surface area contributed by atoms with Gasteiger partial charge < -0.3 is 0 Å². The van der Waals surface area contributed by atoms with Crippen molar-refractivity contribution >= 4 is 48.8 Å². The third-order valence-corrected chi connectivity index (χ3v) is 4.64. The van der Waals surface area contributed by atoms with E-state index in [0.29, 0.717) is 10.9 Å². The maximum absolute atomic E-state index is 13.2. The number of nitro benzene ring substituents is 1. The molecular formula is C16H10FN2O5Tl. The van der Waals surface area contributed by atoms with Crippen LogP contribution in [0.15, 0.2) is 40.8 Å². The van der Waals surface area contributed by atoms with Gasteiger partial charge in [-0.3, -0.25) is 0 Å². The van der Waals surface area contributed by atoms with Crippen LogP contribution < -0.4 is 8.00 Å². The summed E-state index contributed by atoms with van der Waals surface area (Å²) in [5.74, 6) is -0.561. The third-order valence-electron chi connectivity index (χ3n) is 3.65. The minimum atomic E-state index is -0.573. The van der Waals surface area contributed by atoms with E-state index in [0.717, 1.165) is 0 Å². The molecule has 0 aliphatic heterocycles. The second kappa shape index (κ2) is 6.78. The first-order valence-electron chi connectivity index (χ1n) is 7.06. The van der Waals surface area contributed by atoms with Crippen molar-refractivity contribution in [3.63, 3.8) is 0 Å². The fourth-order valence-electron chi connectivity index (χ4n) is 2.50. The molecule has 1 aromatic heterocycles. The van der Waals surface area contributed by atoms with E-state index in [4.69, 9.17) is 7.10 Å². The van der Waals surface area contributed by atoms with Crippen molar-refractivity contribution in [1.29, 1.82) is 0 Å². The Bertz CT molecular complexity index is 984. The van der Waals surface area contributed by atoms with Gasteiger partial charge in [0.05, 0.1) is 0 Å². The predicted octanol–water partition coefficient (Wildman–Crippen LogP) is 2.97. The molecule has 3 rings (SSSR count). The molecule has 1 heterocycles. The summed E-state index contributed by atoms with van der Waals surface area (Å²) >= 11 is 0.0353. The van der Waals surface area contributed by atoms with Crippen LogP contribution in [0.5, 0.6) is 5.75 Å². The summed E-state index contributed by atoms with van der Waals surface area (Å²) < 4.78 is 24.1.